The van der Waals surface area contributed by atoms with Crippen LogP contribution in [0.1, 0.15) is 0 Å². The Kier molecular flexibility index (Phi) is 3.93. The summed E-state index contributed by atoms with van der Waals surface area (Å²) in [6.07, 6.45) is 3.78. The number of halogens is 1. The van der Waals surface area contributed by atoms with E-state index in [0.717, 1.165) is 38.0 Å². The van der Waals surface area contributed by atoms with E-state index in [2.05, 4.69) is 104 Å². The fourth-order valence-corrected chi connectivity index (χ4v) is 4.49. The van der Waals surface area contributed by atoms with Crippen molar-refractivity contribution >= 4 is 48.5 Å². The molecule has 6 rings (SSSR count). The molecule has 2 heterocycles. The Morgan fingerprint density at radius 2 is 1.37 bits per heavy atom. The lowest BCUT2D eigenvalue weighted by Crippen LogP contribution is -1.98. The molecule has 30 heavy (non-hydrogen) atoms. The van der Waals surface area contributed by atoms with Crippen molar-refractivity contribution < 1.29 is 0 Å². The van der Waals surface area contributed by atoms with Gasteiger partial charge in [-0.25, -0.2) is 4.98 Å². The highest BCUT2D eigenvalue weighted by Crippen LogP contribution is 2.38. The Balaban J connectivity index is 1.87. The molecule has 0 aliphatic carbocycles. The van der Waals surface area contributed by atoms with Gasteiger partial charge in [-0.1, -0.05) is 70.5 Å². The number of nitrogens with zero attached hydrogens (tertiary/aromatic N) is 3. The van der Waals surface area contributed by atoms with Crippen LogP contribution in [0.15, 0.2) is 102 Å². The predicted octanol–water partition coefficient (Wildman–Crippen LogP) is 7.16. The highest BCUT2D eigenvalue weighted by molar-refractivity contribution is 9.10. The molecule has 0 bridgehead atoms. The number of fused-ring (bicyclic) bond motifs is 6. The van der Waals surface area contributed by atoms with Gasteiger partial charge in [-0.05, 0) is 41.1 Å². The van der Waals surface area contributed by atoms with Crippen molar-refractivity contribution in [3.05, 3.63) is 102 Å². The van der Waals surface area contributed by atoms with Crippen LogP contribution in [0.3, 0.4) is 0 Å². The van der Waals surface area contributed by atoms with Gasteiger partial charge in [-0.3, -0.25) is 9.55 Å². The lowest BCUT2D eigenvalue weighted by atomic mass is 10.0. The second-order valence-corrected chi connectivity index (χ2v) is 8.19. The van der Waals surface area contributed by atoms with Crippen LogP contribution in [-0.2, 0) is 0 Å². The molecule has 0 spiro atoms. The number of pyridine rings is 1. The van der Waals surface area contributed by atoms with E-state index in [1.54, 1.807) is 0 Å². The Hall–Kier alpha value is -3.50. The first-order valence-electron chi connectivity index (χ1n) is 9.79. The maximum absolute atomic E-state index is 5.17. The van der Waals surface area contributed by atoms with Gasteiger partial charge in [0.1, 0.15) is 5.82 Å². The largest absolute Gasteiger partial charge is 0.292 e. The molecule has 3 nitrogen and oxygen atoms in total. The summed E-state index contributed by atoms with van der Waals surface area (Å²) >= 11 is 3.56. The van der Waals surface area contributed by atoms with Gasteiger partial charge in [-0.15, -0.1) is 0 Å². The molecule has 0 aliphatic rings. The third-order valence-corrected chi connectivity index (χ3v) is 6.07. The van der Waals surface area contributed by atoms with E-state index in [-0.39, 0.29) is 0 Å². The van der Waals surface area contributed by atoms with Crippen LogP contribution in [-0.4, -0.2) is 14.5 Å². The number of hydrogen-bond acceptors (Lipinski definition) is 2. The van der Waals surface area contributed by atoms with E-state index >= 15 is 0 Å². The molecule has 4 heteroatoms. The number of aromatic nitrogens is 3. The van der Waals surface area contributed by atoms with Gasteiger partial charge in [0.2, 0.25) is 0 Å². The second kappa shape index (κ2) is 6.78. The SMILES string of the molecule is Brc1ccc(-n2c(-c3ccccc3)nc3c4cnccc4c4ccccc4c32)cc1. The molecule has 0 N–H and O–H groups in total. The standard InChI is InChI=1S/C26H16BrN3/c27-18-10-12-19(13-11-18)30-25-22-9-5-4-8-20(22)21-14-15-28-16-23(21)24(25)29-26(30)17-6-2-1-3-7-17/h1-16H. The normalized spacial score (nSPS) is 11.5. The zero-order valence-corrected chi connectivity index (χ0v) is 17.5. The lowest BCUT2D eigenvalue weighted by Gasteiger charge is -2.12. The molecule has 142 valence electrons. The number of benzene rings is 4. The van der Waals surface area contributed by atoms with E-state index in [1.165, 1.54) is 16.2 Å². The van der Waals surface area contributed by atoms with E-state index in [4.69, 9.17) is 4.98 Å². The summed E-state index contributed by atoms with van der Waals surface area (Å²) in [7, 11) is 0. The molecule has 0 aliphatic heterocycles. The molecular formula is C26H16BrN3. The van der Waals surface area contributed by atoms with Crippen molar-refractivity contribution in [3.8, 4) is 17.1 Å². The van der Waals surface area contributed by atoms with Gasteiger partial charge in [0, 0.05) is 38.9 Å². The summed E-state index contributed by atoms with van der Waals surface area (Å²) in [5.74, 6) is 0.925. The summed E-state index contributed by atoms with van der Waals surface area (Å²) in [5.41, 5.74) is 4.23. The number of hydrogen-bond donors (Lipinski definition) is 0. The molecule has 6 aromatic rings. The first kappa shape index (κ1) is 17.4. The Bertz CT molecular complexity index is 1530. The molecule has 0 radical (unpaired) electrons. The predicted molar refractivity (Wildman–Crippen MR) is 127 cm³/mol. The van der Waals surface area contributed by atoms with Crippen LogP contribution in [0.4, 0.5) is 0 Å². The zero-order valence-electron chi connectivity index (χ0n) is 16.0. The van der Waals surface area contributed by atoms with E-state index < -0.39 is 0 Å². The molecule has 4 aromatic carbocycles. The first-order chi connectivity index (χ1) is 14.8. The maximum atomic E-state index is 5.17. The summed E-state index contributed by atoms with van der Waals surface area (Å²) < 4.78 is 3.32. The molecule has 0 amide bonds. The molecular weight excluding hydrogens is 434 g/mol. The van der Waals surface area contributed by atoms with Crippen LogP contribution in [0.5, 0.6) is 0 Å². The van der Waals surface area contributed by atoms with Crippen LogP contribution in [0.2, 0.25) is 0 Å². The van der Waals surface area contributed by atoms with Gasteiger partial charge in [0.05, 0.1) is 11.0 Å². The average Bonchev–Trinajstić information content (AvgIpc) is 3.21. The van der Waals surface area contributed by atoms with Crippen molar-refractivity contribution in [3.63, 3.8) is 0 Å². The second-order valence-electron chi connectivity index (χ2n) is 7.28. The fraction of sp³-hybridized carbons (Fsp3) is 0. The maximum Gasteiger partial charge on any atom is 0.145 e. The van der Waals surface area contributed by atoms with E-state index in [1.807, 2.05) is 18.5 Å². The van der Waals surface area contributed by atoms with Crippen molar-refractivity contribution in [2.45, 2.75) is 0 Å². The van der Waals surface area contributed by atoms with Gasteiger partial charge >= 0.3 is 0 Å². The lowest BCUT2D eigenvalue weighted by molar-refractivity contribution is 1.10. The van der Waals surface area contributed by atoms with Crippen molar-refractivity contribution in [2.24, 2.45) is 0 Å². The summed E-state index contributed by atoms with van der Waals surface area (Å²) in [6.45, 7) is 0. The van der Waals surface area contributed by atoms with Gasteiger partial charge < -0.3 is 0 Å². The smallest absolute Gasteiger partial charge is 0.145 e. The molecule has 0 saturated heterocycles. The number of rotatable bonds is 2. The zero-order chi connectivity index (χ0) is 20.1. The molecule has 0 fully saturated rings. The summed E-state index contributed by atoms with van der Waals surface area (Å²) in [4.78, 5) is 9.58. The molecule has 2 aromatic heterocycles. The Morgan fingerprint density at radius 1 is 0.667 bits per heavy atom. The van der Waals surface area contributed by atoms with Gasteiger partial charge in [0.15, 0.2) is 0 Å². The molecule has 0 unspecified atom stereocenters. The highest BCUT2D eigenvalue weighted by Gasteiger charge is 2.19. The topological polar surface area (TPSA) is 30.7 Å². The van der Waals surface area contributed by atoms with Crippen LogP contribution in [0, 0.1) is 0 Å². The highest BCUT2D eigenvalue weighted by atomic mass is 79.9. The third-order valence-electron chi connectivity index (χ3n) is 5.54. The van der Waals surface area contributed by atoms with Gasteiger partial charge in [-0.2, -0.15) is 0 Å². The fourth-order valence-electron chi connectivity index (χ4n) is 4.22. The molecule has 0 atom stereocenters. The summed E-state index contributed by atoms with van der Waals surface area (Å²) in [6, 6.07) is 29.4. The first-order valence-corrected chi connectivity index (χ1v) is 10.6. The average molecular weight is 450 g/mol. The van der Waals surface area contributed by atoms with Crippen LogP contribution >= 0.6 is 15.9 Å². The van der Waals surface area contributed by atoms with Crippen molar-refractivity contribution in [1.29, 1.82) is 0 Å². The van der Waals surface area contributed by atoms with E-state index in [0.29, 0.717) is 0 Å². The minimum absolute atomic E-state index is 0.925. The number of imidazole rings is 1. The van der Waals surface area contributed by atoms with Crippen molar-refractivity contribution in [2.75, 3.05) is 0 Å². The monoisotopic (exact) mass is 449 g/mol. The minimum atomic E-state index is 0.925. The third kappa shape index (κ3) is 2.57. The van der Waals surface area contributed by atoms with E-state index in [9.17, 15) is 0 Å². The minimum Gasteiger partial charge on any atom is -0.292 e. The Labute approximate surface area is 181 Å². The van der Waals surface area contributed by atoms with Crippen molar-refractivity contribution in [1.82, 2.24) is 14.5 Å². The molecule has 0 saturated carbocycles. The van der Waals surface area contributed by atoms with Crippen LogP contribution < -0.4 is 0 Å². The van der Waals surface area contributed by atoms with Crippen LogP contribution in [0.25, 0.3) is 49.7 Å². The van der Waals surface area contributed by atoms with Gasteiger partial charge in [0.25, 0.3) is 0 Å². The Morgan fingerprint density at radius 3 is 2.17 bits per heavy atom. The quantitative estimate of drug-likeness (QED) is 0.262. The summed E-state index contributed by atoms with van der Waals surface area (Å²) in [5, 5.41) is 4.64.